The van der Waals surface area contributed by atoms with Crippen LogP contribution in [-0.2, 0) is 0 Å². The number of ether oxygens (including phenoxy) is 2. The number of ketones is 1. The summed E-state index contributed by atoms with van der Waals surface area (Å²) in [6, 6.07) is 8.90. The zero-order valence-corrected chi connectivity index (χ0v) is 11.8. The Morgan fingerprint density at radius 1 is 1.10 bits per heavy atom. The molecule has 0 bridgehead atoms. The van der Waals surface area contributed by atoms with Gasteiger partial charge in [0.05, 0.1) is 19.8 Å². The molecule has 1 atom stereocenters. The van der Waals surface area contributed by atoms with Gasteiger partial charge in [-0.25, -0.2) is 0 Å². The van der Waals surface area contributed by atoms with Crippen molar-refractivity contribution in [1.82, 2.24) is 4.98 Å². The van der Waals surface area contributed by atoms with Crippen molar-refractivity contribution >= 4 is 5.78 Å². The molecule has 4 heteroatoms. The predicted octanol–water partition coefficient (Wildman–Crippen LogP) is 3.09. The normalized spacial score (nSPS) is 11.8. The molecule has 1 heterocycles. The van der Waals surface area contributed by atoms with Crippen molar-refractivity contribution in [3.05, 3.63) is 53.9 Å². The average Bonchev–Trinajstić information content (AvgIpc) is 2.53. The number of rotatable bonds is 5. The van der Waals surface area contributed by atoms with Crippen LogP contribution in [0.25, 0.3) is 0 Å². The van der Waals surface area contributed by atoms with Gasteiger partial charge in [-0.3, -0.25) is 9.78 Å². The Kier molecular flexibility index (Phi) is 4.35. The Bertz CT molecular complexity index is 596. The largest absolute Gasteiger partial charge is 0.497 e. The number of benzene rings is 1. The fourth-order valence-electron chi connectivity index (χ4n) is 2.04. The highest BCUT2D eigenvalue weighted by molar-refractivity contribution is 6.03. The molecule has 0 N–H and O–H groups in total. The minimum atomic E-state index is -0.265. The second-order valence-electron chi connectivity index (χ2n) is 4.43. The Labute approximate surface area is 118 Å². The van der Waals surface area contributed by atoms with E-state index in [1.54, 1.807) is 44.8 Å². The molecular weight excluding hydrogens is 254 g/mol. The van der Waals surface area contributed by atoms with Crippen LogP contribution in [-0.4, -0.2) is 25.0 Å². The van der Waals surface area contributed by atoms with E-state index in [9.17, 15) is 4.79 Å². The number of hydrogen-bond acceptors (Lipinski definition) is 4. The van der Waals surface area contributed by atoms with Gasteiger partial charge >= 0.3 is 0 Å². The van der Waals surface area contributed by atoms with Gasteiger partial charge in [0.1, 0.15) is 11.5 Å². The van der Waals surface area contributed by atoms with Crippen LogP contribution in [0.4, 0.5) is 0 Å². The van der Waals surface area contributed by atoms with Gasteiger partial charge in [-0.2, -0.15) is 0 Å². The number of aromatic nitrogens is 1. The quantitative estimate of drug-likeness (QED) is 0.784. The van der Waals surface area contributed by atoms with Crippen LogP contribution in [0.3, 0.4) is 0 Å². The van der Waals surface area contributed by atoms with Crippen molar-refractivity contribution in [2.45, 2.75) is 12.8 Å². The summed E-state index contributed by atoms with van der Waals surface area (Å²) in [5, 5.41) is 0. The number of pyridine rings is 1. The number of nitrogens with zero attached hydrogens (tertiary/aromatic N) is 1. The van der Waals surface area contributed by atoms with E-state index in [1.165, 1.54) is 0 Å². The number of carbonyl (C=O) groups excluding carboxylic acids is 1. The minimum absolute atomic E-state index is 0.00745. The molecular formula is C16H17NO3. The lowest BCUT2D eigenvalue weighted by Gasteiger charge is -2.14. The van der Waals surface area contributed by atoms with Crippen molar-refractivity contribution in [2.24, 2.45) is 0 Å². The van der Waals surface area contributed by atoms with E-state index in [2.05, 4.69) is 4.98 Å². The van der Waals surface area contributed by atoms with Crippen LogP contribution < -0.4 is 9.47 Å². The van der Waals surface area contributed by atoms with Crippen molar-refractivity contribution in [2.75, 3.05) is 14.2 Å². The van der Waals surface area contributed by atoms with Gasteiger partial charge in [-0.1, -0.05) is 6.92 Å². The van der Waals surface area contributed by atoms with Crippen molar-refractivity contribution in [1.29, 1.82) is 0 Å². The number of carbonyl (C=O) groups is 1. The van der Waals surface area contributed by atoms with E-state index in [4.69, 9.17) is 9.47 Å². The van der Waals surface area contributed by atoms with Gasteiger partial charge in [0.15, 0.2) is 5.78 Å². The van der Waals surface area contributed by atoms with Crippen molar-refractivity contribution < 1.29 is 14.3 Å². The molecule has 0 amide bonds. The minimum Gasteiger partial charge on any atom is -0.497 e. The molecule has 1 aromatic heterocycles. The summed E-state index contributed by atoms with van der Waals surface area (Å²) >= 11 is 0. The second kappa shape index (κ2) is 6.19. The van der Waals surface area contributed by atoms with Crippen LogP contribution in [0.15, 0.2) is 42.7 Å². The van der Waals surface area contributed by atoms with Crippen LogP contribution in [0.2, 0.25) is 0 Å². The first-order chi connectivity index (χ1) is 9.67. The molecule has 0 spiro atoms. The lowest BCUT2D eigenvalue weighted by Crippen LogP contribution is -2.11. The Morgan fingerprint density at radius 2 is 1.80 bits per heavy atom. The topological polar surface area (TPSA) is 48.4 Å². The highest BCUT2D eigenvalue weighted by atomic mass is 16.5. The molecule has 1 unspecified atom stereocenters. The molecule has 0 aliphatic rings. The third kappa shape index (κ3) is 2.79. The molecule has 0 aliphatic carbocycles. The molecule has 4 nitrogen and oxygen atoms in total. The first-order valence-corrected chi connectivity index (χ1v) is 6.33. The first kappa shape index (κ1) is 14.1. The number of hydrogen-bond donors (Lipinski definition) is 0. The van der Waals surface area contributed by atoms with Gasteiger partial charge in [0.2, 0.25) is 0 Å². The molecule has 2 rings (SSSR count). The number of Topliss-reactive ketones (excluding diaryl/α,β-unsaturated/α-hetero) is 1. The average molecular weight is 271 g/mol. The highest BCUT2D eigenvalue weighted by Crippen LogP contribution is 2.29. The zero-order valence-electron chi connectivity index (χ0n) is 11.8. The third-order valence-corrected chi connectivity index (χ3v) is 3.27. The summed E-state index contributed by atoms with van der Waals surface area (Å²) in [5.41, 5.74) is 1.45. The lowest BCUT2D eigenvalue weighted by atomic mass is 9.92. The maximum atomic E-state index is 12.6. The summed E-state index contributed by atoms with van der Waals surface area (Å²) in [6.45, 7) is 1.87. The fraction of sp³-hybridized carbons (Fsp3) is 0.250. The van der Waals surface area contributed by atoms with E-state index in [1.807, 2.05) is 19.1 Å². The predicted molar refractivity (Wildman–Crippen MR) is 76.5 cm³/mol. The number of methoxy groups -OCH3 is 2. The van der Waals surface area contributed by atoms with E-state index >= 15 is 0 Å². The molecule has 1 aromatic carbocycles. The molecule has 0 radical (unpaired) electrons. The van der Waals surface area contributed by atoms with Gasteiger partial charge in [-0.15, -0.1) is 0 Å². The molecule has 20 heavy (non-hydrogen) atoms. The molecule has 0 saturated heterocycles. The SMILES string of the molecule is COc1ccc(OC)c(C(=O)C(C)c2ccncc2)c1. The summed E-state index contributed by atoms with van der Waals surface area (Å²) < 4.78 is 10.4. The zero-order chi connectivity index (χ0) is 14.5. The maximum absolute atomic E-state index is 12.6. The second-order valence-corrected chi connectivity index (χ2v) is 4.43. The summed E-state index contributed by atoms with van der Waals surface area (Å²) in [6.07, 6.45) is 3.36. The van der Waals surface area contributed by atoms with Crippen LogP contribution >= 0.6 is 0 Å². The summed E-state index contributed by atoms with van der Waals surface area (Å²) in [7, 11) is 3.12. The fourth-order valence-corrected chi connectivity index (χ4v) is 2.04. The Morgan fingerprint density at radius 3 is 2.40 bits per heavy atom. The Balaban J connectivity index is 2.37. The van der Waals surface area contributed by atoms with E-state index in [-0.39, 0.29) is 11.7 Å². The monoisotopic (exact) mass is 271 g/mol. The molecule has 0 saturated carbocycles. The molecule has 0 aliphatic heterocycles. The van der Waals surface area contributed by atoms with E-state index in [0.29, 0.717) is 17.1 Å². The molecule has 104 valence electrons. The highest BCUT2D eigenvalue weighted by Gasteiger charge is 2.21. The van der Waals surface area contributed by atoms with Gasteiger partial charge in [0.25, 0.3) is 0 Å². The van der Waals surface area contributed by atoms with Crippen LogP contribution in [0, 0.1) is 0 Å². The van der Waals surface area contributed by atoms with Crippen molar-refractivity contribution in [3.8, 4) is 11.5 Å². The molecule has 2 aromatic rings. The smallest absolute Gasteiger partial charge is 0.173 e. The Hall–Kier alpha value is -2.36. The summed E-state index contributed by atoms with van der Waals surface area (Å²) in [5.74, 6) is 0.916. The van der Waals surface area contributed by atoms with Gasteiger partial charge < -0.3 is 9.47 Å². The standard InChI is InChI=1S/C16H17NO3/c1-11(12-6-8-17-9-7-12)16(18)14-10-13(19-2)4-5-15(14)20-3/h4-11H,1-3H3. The van der Waals surface area contributed by atoms with Crippen LogP contribution in [0.5, 0.6) is 11.5 Å². The van der Waals surface area contributed by atoms with E-state index in [0.717, 1.165) is 5.56 Å². The first-order valence-electron chi connectivity index (χ1n) is 6.33. The lowest BCUT2D eigenvalue weighted by molar-refractivity contribution is 0.0962. The van der Waals surface area contributed by atoms with Gasteiger partial charge in [0, 0.05) is 18.3 Å². The van der Waals surface area contributed by atoms with E-state index < -0.39 is 0 Å². The maximum Gasteiger partial charge on any atom is 0.173 e. The third-order valence-electron chi connectivity index (χ3n) is 3.27. The van der Waals surface area contributed by atoms with Crippen molar-refractivity contribution in [3.63, 3.8) is 0 Å². The summed E-state index contributed by atoms with van der Waals surface area (Å²) in [4.78, 5) is 16.6. The molecule has 0 fully saturated rings. The van der Waals surface area contributed by atoms with Crippen LogP contribution in [0.1, 0.15) is 28.8 Å². The van der Waals surface area contributed by atoms with Gasteiger partial charge in [-0.05, 0) is 35.9 Å².